The molecule has 0 amide bonds. The van der Waals surface area contributed by atoms with Crippen LogP contribution in [-0.4, -0.2) is 15.2 Å². The molecule has 0 aromatic carbocycles. The lowest BCUT2D eigenvalue weighted by Crippen LogP contribution is -2.39. The molecule has 0 saturated heterocycles. The number of aryl methyl sites for hydroxylation is 1. The molecule has 0 aliphatic heterocycles. The Morgan fingerprint density at radius 1 is 1.44 bits per heavy atom. The van der Waals surface area contributed by atoms with Crippen LogP contribution in [-0.2, 0) is 20.6 Å². The van der Waals surface area contributed by atoms with Crippen LogP contribution in [0, 0.1) is 5.92 Å². The van der Waals surface area contributed by atoms with Crippen molar-refractivity contribution in [3.63, 3.8) is 0 Å². The van der Waals surface area contributed by atoms with Crippen molar-refractivity contribution in [3.8, 4) is 0 Å². The van der Waals surface area contributed by atoms with Gasteiger partial charge in [0.05, 0.1) is 0 Å². The fourth-order valence-corrected chi connectivity index (χ4v) is 1.85. The maximum absolute atomic E-state index is 11.8. The average molecular weight is 223 g/mol. The Bertz CT molecular complexity index is 515. The number of nitrogens with one attached hydrogen (secondary N) is 1. The van der Waals surface area contributed by atoms with E-state index in [2.05, 4.69) is 12.2 Å². The van der Waals surface area contributed by atoms with Gasteiger partial charge in [0.2, 0.25) is 0 Å². The molecule has 1 heterocycles. The molecule has 5 nitrogen and oxygen atoms in total. The van der Waals surface area contributed by atoms with E-state index < -0.39 is 0 Å². The minimum absolute atomic E-state index is 0.205. The quantitative estimate of drug-likeness (QED) is 0.757. The van der Waals surface area contributed by atoms with E-state index in [4.69, 9.17) is 0 Å². The summed E-state index contributed by atoms with van der Waals surface area (Å²) in [5.41, 5.74) is 0.154. The van der Waals surface area contributed by atoms with E-state index in [0.717, 1.165) is 4.57 Å². The molecule has 5 heteroatoms. The van der Waals surface area contributed by atoms with E-state index in [1.807, 2.05) is 0 Å². The molecule has 1 aromatic heterocycles. The van der Waals surface area contributed by atoms with E-state index in [0.29, 0.717) is 24.1 Å². The first-order valence-corrected chi connectivity index (χ1v) is 5.49. The Hall–Kier alpha value is -1.36. The van der Waals surface area contributed by atoms with Crippen LogP contribution >= 0.6 is 0 Å². The second-order valence-electron chi connectivity index (χ2n) is 4.61. The Morgan fingerprint density at radius 2 is 2.06 bits per heavy atom. The van der Waals surface area contributed by atoms with Crippen molar-refractivity contribution in [2.24, 2.45) is 20.0 Å². The molecule has 88 valence electrons. The van der Waals surface area contributed by atoms with Gasteiger partial charge in [0.1, 0.15) is 0 Å². The molecule has 1 aromatic rings. The summed E-state index contributed by atoms with van der Waals surface area (Å²) < 4.78 is 2.59. The van der Waals surface area contributed by atoms with Crippen LogP contribution in [0.15, 0.2) is 15.8 Å². The average Bonchev–Trinajstić information content (AvgIpc) is 2.95. The number of hydrogen-bond donors (Lipinski definition) is 1. The van der Waals surface area contributed by atoms with E-state index in [-0.39, 0.29) is 11.2 Å². The molecule has 2 atom stereocenters. The lowest BCUT2D eigenvalue weighted by molar-refractivity contribution is 0.614. The summed E-state index contributed by atoms with van der Waals surface area (Å²) >= 11 is 0. The van der Waals surface area contributed by atoms with Crippen molar-refractivity contribution in [1.29, 1.82) is 0 Å². The Balaban J connectivity index is 2.21. The molecule has 1 fully saturated rings. The van der Waals surface area contributed by atoms with Crippen molar-refractivity contribution in [1.82, 2.24) is 14.5 Å². The van der Waals surface area contributed by atoms with Gasteiger partial charge >= 0.3 is 5.69 Å². The van der Waals surface area contributed by atoms with Crippen molar-refractivity contribution in [2.45, 2.75) is 25.9 Å². The first-order chi connectivity index (χ1) is 7.50. The SMILES string of the molecule is CC1CC1NCc1cn(C)c(=O)n(C)c1=O. The Kier molecular flexibility index (Phi) is 2.71. The molecule has 0 bridgehead atoms. The summed E-state index contributed by atoms with van der Waals surface area (Å²) in [5.74, 6) is 0.705. The van der Waals surface area contributed by atoms with Gasteiger partial charge < -0.3 is 9.88 Å². The van der Waals surface area contributed by atoms with Crippen molar-refractivity contribution in [3.05, 3.63) is 32.6 Å². The number of nitrogens with zero attached hydrogens (tertiary/aromatic N) is 2. The van der Waals surface area contributed by atoms with Crippen molar-refractivity contribution in [2.75, 3.05) is 0 Å². The summed E-state index contributed by atoms with van der Waals surface area (Å²) in [6, 6.07) is 0.530. The fourth-order valence-electron chi connectivity index (χ4n) is 1.85. The van der Waals surface area contributed by atoms with Crippen LogP contribution in [0.3, 0.4) is 0 Å². The van der Waals surface area contributed by atoms with Crippen LogP contribution < -0.4 is 16.6 Å². The third-order valence-corrected chi connectivity index (χ3v) is 3.18. The first kappa shape index (κ1) is 11.1. The molecular formula is C11H17N3O2. The predicted molar refractivity (Wildman–Crippen MR) is 61.3 cm³/mol. The van der Waals surface area contributed by atoms with Crippen molar-refractivity contribution < 1.29 is 0 Å². The zero-order valence-corrected chi connectivity index (χ0v) is 9.86. The van der Waals surface area contributed by atoms with Gasteiger partial charge in [-0.1, -0.05) is 6.92 Å². The minimum atomic E-state index is -0.284. The lowest BCUT2D eigenvalue weighted by Gasteiger charge is -2.07. The summed E-state index contributed by atoms with van der Waals surface area (Å²) in [6.45, 7) is 2.71. The van der Waals surface area contributed by atoms with Crippen LogP contribution in [0.1, 0.15) is 18.9 Å². The predicted octanol–water partition coefficient (Wildman–Crippen LogP) is -0.418. The van der Waals surface area contributed by atoms with Gasteiger partial charge in [0.15, 0.2) is 0 Å². The highest BCUT2D eigenvalue weighted by Gasteiger charge is 2.31. The highest BCUT2D eigenvalue weighted by Crippen LogP contribution is 2.28. The van der Waals surface area contributed by atoms with Crippen LogP contribution in [0.4, 0.5) is 0 Å². The molecule has 1 N–H and O–H groups in total. The highest BCUT2D eigenvalue weighted by molar-refractivity contribution is 5.06. The van der Waals surface area contributed by atoms with Gasteiger partial charge in [-0.15, -0.1) is 0 Å². The van der Waals surface area contributed by atoms with Gasteiger partial charge in [-0.3, -0.25) is 9.36 Å². The number of rotatable bonds is 3. The maximum atomic E-state index is 11.8. The smallest absolute Gasteiger partial charge is 0.309 e. The Morgan fingerprint density at radius 3 is 2.62 bits per heavy atom. The summed E-state index contributed by atoms with van der Waals surface area (Å²) in [5, 5.41) is 3.31. The summed E-state index contributed by atoms with van der Waals surface area (Å²) in [7, 11) is 3.17. The van der Waals surface area contributed by atoms with Gasteiger partial charge in [0.25, 0.3) is 5.56 Å². The maximum Gasteiger partial charge on any atom is 0.330 e. The largest absolute Gasteiger partial charge is 0.330 e. The molecule has 0 radical (unpaired) electrons. The third-order valence-electron chi connectivity index (χ3n) is 3.18. The van der Waals surface area contributed by atoms with Crippen LogP contribution in [0.5, 0.6) is 0 Å². The fraction of sp³-hybridized carbons (Fsp3) is 0.636. The van der Waals surface area contributed by atoms with Crippen LogP contribution in [0.25, 0.3) is 0 Å². The highest BCUT2D eigenvalue weighted by atomic mass is 16.2. The number of hydrogen-bond acceptors (Lipinski definition) is 3. The van der Waals surface area contributed by atoms with Gasteiger partial charge in [-0.05, 0) is 12.3 Å². The van der Waals surface area contributed by atoms with Crippen molar-refractivity contribution >= 4 is 0 Å². The second-order valence-corrected chi connectivity index (χ2v) is 4.61. The van der Waals surface area contributed by atoms with E-state index in [1.165, 1.54) is 18.0 Å². The molecule has 0 spiro atoms. The molecule has 1 aliphatic rings. The molecule has 1 aliphatic carbocycles. The normalized spacial score (nSPS) is 23.4. The third kappa shape index (κ3) is 1.95. The zero-order chi connectivity index (χ0) is 11.9. The van der Waals surface area contributed by atoms with E-state index in [9.17, 15) is 9.59 Å². The molecular weight excluding hydrogens is 206 g/mol. The molecule has 2 rings (SSSR count). The lowest BCUT2D eigenvalue weighted by atomic mass is 10.3. The van der Waals surface area contributed by atoms with Gasteiger partial charge in [-0.2, -0.15) is 0 Å². The molecule has 16 heavy (non-hydrogen) atoms. The standard InChI is InChI=1S/C11H17N3O2/c1-7-4-9(7)12-5-8-6-13(2)11(16)14(3)10(8)15/h6-7,9,12H,4-5H2,1-3H3. The molecule has 1 saturated carbocycles. The van der Waals surface area contributed by atoms with Gasteiger partial charge in [-0.25, -0.2) is 4.79 Å². The summed E-state index contributed by atoms with van der Waals surface area (Å²) in [6.07, 6.45) is 2.79. The molecule has 2 unspecified atom stereocenters. The Labute approximate surface area is 93.7 Å². The van der Waals surface area contributed by atoms with E-state index in [1.54, 1.807) is 13.2 Å². The van der Waals surface area contributed by atoms with Gasteiger partial charge in [0, 0.05) is 38.4 Å². The van der Waals surface area contributed by atoms with Crippen LogP contribution in [0.2, 0.25) is 0 Å². The second kappa shape index (κ2) is 3.90. The summed E-state index contributed by atoms with van der Waals surface area (Å²) in [4.78, 5) is 23.2. The first-order valence-electron chi connectivity index (χ1n) is 5.49. The number of aromatic nitrogens is 2. The van der Waals surface area contributed by atoms with E-state index >= 15 is 0 Å². The zero-order valence-electron chi connectivity index (χ0n) is 9.86. The monoisotopic (exact) mass is 223 g/mol. The topological polar surface area (TPSA) is 56.0 Å². The minimum Gasteiger partial charge on any atom is -0.309 e.